The van der Waals surface area contributed by atoms with Gasteiger partial charge < -0.3 is 14.8 Å². The average molecular weight is 486 g/mol. The normalized spacial score (nSPS) is 10.6. The molecule has 182 valence electrons. The minimum Gasteiger partial charge on any atom is -0.483 e. The van der Waals surface area contributed by atoms with Crippen LogP contribution in [0, 0.1) is 5.82 Å². The summed E-state index contributed by atoms with van der Waals surface area (Å²) >= 11 is 0. The molecule has 0 saturated heterocycles. The van der Waals surface area contributed by atoms with Crippen molar-refractivity contribution >= 4 is 34.3 Å². The molecule has 0 aliphatic carbocycles. The van der Waals surface area contributed by atoms with Crippen molar-refractivity contribution in [2.24, 2.45) is 0 Å². The summed E-state index contributed by atoms with van der Waals surface area (Å²) in [5.41, 5.74) is 3.08. The predicted molar refractivity (Wildman–Crippen MR) is 134 cm³/mol. The number of hydrogen-bond donors (Lipinski definition) is 1. The zero-order valence-electron chi connectivity index (χ0n) is 19.7. The number of carbonyl (C=O) groups is 3. The van der Waals surface area contributed by atoms with Crippen LogP contribution < -0.4 is 10.1 Å². The summed E-state index contributed by atoms with van der Waals surface area (Å²) in [7, 11) is 0. The summed E-state index contributed by atoms with van der Waals surface area (Å²) in [5.74, 6) is -1.02. The molecule has 3 aromatic carbocycles. The number of carbonyl (C=O) groups excluding carboxylic acids is 3. The number of aromatic nitrogens is 1. The van der Waals surface area contributed by atoms with Crippen molar-refractivity contribution in [2.45, 2.75) is 13.8 Å². The number of hydrogen-bond acceptors (Lipinski definition) is 6. The van der Waals surface area contributed by atoms with Gasteiger partial charge in [0.25, 0.3) is 5.91 Å². The Morgan fingerprint density at radius 3 is 2.28 bits per heavy atom. The molecule has 4 rings (SSSR count). The van der Waals surface area contributed by atoms with Crippen LogP contribution >= 0.6 is 0 Å². The molecule has 0 spiro atoms. The number of ketones is 1. The maximum absolute atomic E-state index is 13.4. The molecule has 0 radical (unpaired) electrons. The number of benzene rings is 3. The first-order valence-corrected chi connectivity index (χ1v) is 11.3. The first-order valence-electron chi connectivity index (χ1n) is 11.3. The van der Waals surface area contributed by atoms with Crippen molar-refractivity contribution in [3.05, 3.63) is 89.7 Å². The van der Waals surface area contributed by atoms with Crippen molar-refractivity contribution in [1.29, 1.82) is 0 Å². The maximum Gasteiger partial charge on any atom is 0.338 e. The molecule has 0 saturated carbocycles. The van der Waals surface area contributed by atoms with Crippen molar-refractivity contribution in [3.8, 4) is 17.0 Å². The Morgan fingerprint density at radius 1 is 0.917 bits per heavy atom. The van der Waals surface area contributed by atoms with E-state index in [1.54, 1.807) is 67.6 Å². The van der Waals surface area contributed by atoms with E-state index in [4.69, 9.17) is 9.47 Å². The topological polar surface area (TPSA) is 94.6 Å². The van der Waals surface area contributed by atoms with Gasteiger partial charge >= 0.3 is 5.97 Å². The van der Waals surface area contributed by atoms with Crippen LogP contribution in [0.4, 0.5) is 10.1 Å². The minimum atomic E-state index is -0.486. The van der Waals surface area contributed by atoms with Gasteiger partial charge in [-0.2, -0.15) is 0 Å². The minimum absolute atomic E-state index is 0.0695. The SMILES string of the molecule is CCOC(=O)c1ccc2nc(-c3ccc(F)cc3)cc(OCC(=O)Nc3ccc(C(C)=O)cc3)c2c1. The lowest BCUT2D eigenvalue weighted by molar-refractivity contribution is -0.118. The molecule has 1 aromatic heterocycles. The van der Waals surface area contributed by atoms with Crippen molar-refractivity contribution in [2.75, 3.05) is 18.5 Å². The van der Waals surface area contributed by atoms with Gasteiger partial charge in [-0.25, -0.2) is 14.2 Å². The van der Waals surface area contributed by atoms with E-state index in [1.165, 1.54) is 19.1 Å². The second-order valence-electron chi connectivity index (χ2n) is 7.94. The molecule has 0 aliphatic heterocycles. The monoisotopic (exact) mass is 486 g/mol. The number of pyridine rings is 1. The molecule has 8 heteroatoms. The number of Topliss-reactive ketones (excluding diaryl/α,β-unsaturated/α-hetero) is 1. The van der Waals surface area contributed by atoms with Gasteiger partial charge in [-0.1, -0.05) is 0 Å². The van der Waals surface area contributed by atoms with Crippen molar-refractivity contribution < 1.29 is 28.2 Å². The third-order valence-electron chi connectivity index (χ3n) is 5.36. The maximum atomic E-state index is 13.4. The number of nitrogens with zero attached hydrogens (tertiary/aromatic N) is 1. The largest absolute Gasteiger partial charge is 0.483 e. The Kier molecular flexibility index (Phi) is 7.34. The third kappa shape index (κ3) is 5.72. The lowest BCUT2D eigenvalue weighted by Crippen LogP contribution is -2.20. The predicted octanol–water partition coefficient (Wildman–Crippen LogP) is 5.44. The zero-order valence-corrected chi connectivity index (χ0v) is 19.7. The first-order chi connectivity index (χ1) is 17.3. The van der Waals surface area contributed by atoms with Crippen LogP contribution in [0.1, 0.15) is 34.6 Å². The summed E-state index contributed by atoms with van der Waals surface area (Å²) in [6.45, 7) is 3.10. The Balaban J connectivity index is 1.62. The molecule has 0 unspecified atom stereocenters. The molecule has 1 heterocycles. The summed E-state index contributed by atoms with van der Waals surface area (Å²) in [6, 6.07) is 18.9. The van der Waals surface area contributed by atoms with Gasteiger partial charge in [0.1, 0.15) is 11.6 Å². The molecule has 7 nitrogen and oxygen atoms in total. The van der Waals surface area contributed by atoms with Crippen molar-refractivity contribution in [1.82, 2.24) is 4.98 Å². The molecule has 36 heavy (non-hydrogen) atoms. The van der Waals surface area contributed by atoms with Crippen LogP contribution in [-0.2, 0) is 9.53 Å². The lowest BCUT2D eigenvalue weighted by atomic mass is 10.1. The van der Waals surface area contributed by atoms with E-state index in [0.29, 0.717) is 44.7 Å². The number of anilines is 1. The zero-order chi connectivity index (χ0) is 25.7. The third-order valence-corrected chi connectivity index (χ3v) is 5.36. The molecule has 0 bridgehead atoms. The highest BCUT2D eigenvalue weighted by Crippen LogP contribution is 2.31. The summed E-state index contributed by atoms with van der Waals surface area (Å²) in [5, 5.41) is 3.24. The van der Waals surface area contributed by atoms with Crippen LogP contribution in [0.5, 0.6) is 5.75 Å². The Labute approximate surface area is 206 Å². The standard InChI is InChI=1S/C28H23FN2O5/c1-3-35-28(34)20-8-13-24-23(14-20)26(15-25(31-24)19-4-9-21(29)10-5-19)36-16-27(33)30-22-11-6-18(7-12-22)17(2)32/h4-15H,3,16H2,1-2H3,(H,30,33). The molecule has 1 amide bonds. The number of fused-ring (bicyclic) bond motifs is 1. The van der Waals surface area contributed by atoms with Gasteiger partial charge in [0, 0.05) is 28.3 Å². The number of halogens is 1. The fourth-order valence-corrected chi connectivity index (χ4v) is 3.55. The van der Waals surface area contributed by atoms with Crippen LogP contribution in [0.2, 0.25) is 0 Å². The highest BCUT2D eigenvalue weighted by molar-refractivity contribution is 5.98. The number of amides is 1. The van der Waals surface area contributed by atoms with E-state index in [1.807, 2.05) is 0 Å². The molecule has 1 N–H and O–H groups in total. The molecule has 0 fully saturated rings. The van der Waals surface area contributed by atoms with Crippen molar-refractivity contribution in [3.63, 3.8) is 0 Å². The summed E-state index contributed by atoms with van der Waals surface area (Å²) in [4.78, 5) is 40.9. The van der Waals surface area contributed by atoms with Gasteiger partial charge in [0.05, 0.1) is 23.4 Å². The van der Waals surface area contributed by atoms with Crippen LogP contribution in [0.15, 0.2) is 72.8 Å². The van der Waals surface area contributed by atoms with Crippen LogP contribution in [0.25, 0.3) is 22.2 Å². The Bertz CT molecular complexity index is 1430. The number of nitrogens with one attached hydrogen (secondary N) is 1. The second kappa shape index (κ2) is 10.8. The van der Waals surface area contributed by atoms with E-state index < -0.39 is 11.9 Å². The van der Waals surface area contributed by atoms with Gasteiger partial charge in [0.2, 0.25) is 0 Å². The fraction of sp³-hybridized carbons (Fsp3) is 0.143. The van der Waals surface area contributed by atoms with E-state index in [-0.39, 0.29) is 24.8 Å². The van der Waals surface area contributed by atoms with Gasteiger partial charge in [-0.15, -0.1) is 0 Å². The van der Waals surface area contributed by atoms with Gasteiger partial charge in [-0.3, -0.25) is 9.59 Å². The Hall–Kier alpha value is -4.59. The quantitative estimate of drug-likeness (QED) is 0.263. The molecule has 0 atom stereocenters. The van der Waals surface area contributed by atoms with Gasteiger partial charge in [0.15, 0.2) is 12.4 Å². The highest BCUT2D eigenvalue weighted by Gasteiger charge is 2.15. The van der Waals surface area contributed by atoms with E-state index in [9.17, 15) is 18.8 Å². The fourth-order valence-electron chi connectivity index (χ4n) is 3.55. The summed E-state index contributed by atoms with van der Waals surface area (Å²) in [6.07, 6.45) is 0. The van der Waals surface area contributed by atoms with Crippen LogP contribution in [-0.4, -0.2) is 35.9 Å². The molecular weight excluding hydrogens is 463 g/mol. The highest BCUT2D eigenvalue weighted by atomic mass is 19.1. The summed E-state index contributed by atoms with van der Waals surface area (Å²) < 4.78 is 24.4. The molecule has 0 aliphatic rings. The van der Waals surface area contributed by atoms with E-state index >= 15 is 0 Å². The first kappa shape index (κ1) is 24.5. The number of esters is 1. The lowest BCUT2D eigenvalue weighted by Gasteiger charge is -2.13. The van der Waals surface area contributed by atoms with Gasteiger partial charge in [-0.05, 0) is 80.6 Å². The average Bonchev–Trinajstić information content (AvgIpc) is 2.87. The molecule has 4 aromatic rings. The number of ether oxygens (including phenoxy) is 2. The number of rotatable bonds is 8. The molecular formula is C28H23FN2O5. The second-order valence-corrected chi connectivity index (χ2v) is 7.94. The van der Waals surface area contributed by atoms with E-state index in [2.05, 4.69) is 10.3 Å². The Morgan fingerprint density at radius 2 is 1.61 bits per heavy atom. The van der Waals surface area contributed by atoms with E-state index in [0.717, 1.165) is 0 Å². The smallest absolute Gasteiger partial charge is 0.338 e. The van der Waals surface area contributed by atoms with Crippen LogP contribution in [0.3, 0.4) is 0 Å².